The van der Waals surface area contributed by atoms with Crippen molar-refractivity contribution in [1.82, 2.24) is 0 Å². The lowest BCUT2D eigenvalue weighted by atomic mass is 10.1. The van der Waals surface area contributed by atoms with Crippen molar-refractivity contribution in [2.75, 3.05) is 7.11 Å². The summed E-state index contributed by atoms with van der Waals surface area (Å²) in [6.45, 7) is 5.99. The van der Waals surface area contributed by atoms with Gasteiger partial charge in [-0.15, -0.1) is 0 Å². The summed E-state index contributed by atoms with van der Waals surface area (Å²) in [7, 11) is 1.64. The Morgan fingerprint density at radius 2 is 1.70 bits per heavy atom. The third-order valence-electron chi connectivity index (χ3n) is 3.42. The van der Waals surface area contributed by atoms with Crippen LogP contribution in [0, 0.1) is 26.6 Å². The van der Waals surface area contributed by atoms with Crippen LogP contribution in [0.1, 0.15) is 22.3 Å². The Labute approximate surface area is 119 Å². The second-order valence-corrected chi connectivity index (χ2v) is 4.91. The highest BCUT2D eigenvalue weighted by atomic mass is 19.1. The quantitative estimate of drug-likeness (QED) is 0.825. The number of hydrogen-bond acceptors (Lipinski definition) is 2. The molecule has 2 aromatic rings. The molecule has 0 N–H and O–H groups in total. The highest BCUT2D eigenvalue weighted by Crippen LogP contribution is 2.26. The number of rotatable bonds is 4. The van der Waals surface area contributed by atoms with Gasteiger partial charge in [0.15, 0.2) is 0 Å². The molecule has 0 aliphatic heterocycles. The molecule has 3 heteroatoms. The number of benzene rings is 2. The first-order chi connectivity index (χ1) is 9.52. The van der Waals surface area contributed by atoms with E-state index in [-0.39, 0.29) is 5.82 Å². The van der Waals surface area contributed by atoms with E-state index in [9.17, 15) is 4.39 Å². The molecular weight excluding hydrogens is 255 g/mol. The predicted octanol–water partition coefficient (Wildman–Crippen LogP) is 4.34. The Bertz CT molecular complexity index is 621. The highest BCUT2D eigenvalue weighted by molar-refractivity contribution is 5.41. The van der Waals surface area contributed by atoms with Crippen LogP contribution < -0.4 is 9.47 Å². The third kappa shape index (κ3) is 2.93. The van der Waals surface area contributed by atoms with Gasteiger partial charge in [-0.3, -0.25) is 0 Å². The lowest BCUT2D eigenvalue weighted by Gasteiger charge is -2.14. The summed E-state index contributed by atoms with van der Waals surface area (Å²) in [6, 6.07) is 9.11. The highest BCUT2D eigenvalue weighted by Gasteiger charge is 2.09. The molecule has 0 spiro atoms. The molecule has 0 aliphatic rings. The predicted molar refractivity (Wildman–Crippen MR) is 77.9 cm³/mol. The molecule has 2 aromatic carbocycles. The topological polar surface area (TPSA) is 18.5 Å². The lowest BCUT2D eigenvalue weighted by Crippen LogP contribution is -2.02. The summed E-state index contributed by atoms with van der Waals surface area (Å²) in [5, 5.41) is 0. The van der Waals surface area contributed by atoms with Crippen LogP contribution >= 0.6 is 0 Å². The van der Waals surface area contributed by atoms with Crippen LogP contribution in [0.3, 0.4) is 0 Å². The molecule has 0 bridgehead atoms. The van der Waals surface area contributed by atoms with Crippen molar-refractivity contribution in [3.05, 3.63) is 58.4 Å². The number of hydrogen-bond donors (Lipinski definition) is 0. The van der Waals surface area contributed by atoms with Crippen molar-refractivity contribution in [1.29, 1.82) is 0 Å². The lowest BCUT2D eigenvalue weighted by molar-refractivity contribution is 0.293. The van der Waals surface area contributed by atoms with Crippen LogP contribution in [-0.2, 0) is 6.61 Å². The van der Waals surface area contributed by atoms with Crippen LogP contribution in [0.2, 0.25) is 0 Å². The van der Waals surface area contributed by atoms with Crippen molar-refractivity contribution < 1.29 is 13.9 Å². The molecule has 0 aromatic heterocycles. The molecule has 106 valence electrons. The van der Waals surface area contributed by atoms with Gasteiger partial charge in [-0.05, 0) is 55.7 Å². The molecule has 0 saturated heterocycles. The van der Waals surface area contributed by atoms with Gasteiger partial charge in [-0.2, -0.15) is 0 Å². The van der Waals surface area contributed by atoms with Crippen LogP contribution in [0.15, 0.2) is 30.3 Å². The Morgan fingerprint density at radius 1 is 0.950 bits per heavy atom. The van der Waals surface area contributed by atoms with Crippen LogP contribution in [0.4, 0.5) is 4.39 Å². The van der Waals surface area contributed by atoms with Gasteiger partial charge in [-0.1, -0.05) is 12.1 Å². The smallest absolute Gasteiger partial charge is 0.126 e. The Balaban J connectivity index is 2.23. The summed E-state index contributed by atoms with van der Waals surface area (Å²) in [5.74, 6) is 1.30. The Morgan fingerprint density at radius 3 is 2.40 bits per heavy atom. The molecule has 0 aliphatic carbocycles. The van der Waals surface area contributed by atoms with Gasteiger partial charge in [0.05, 0.1) is 7.11 Å². The van der Waals surface area contributed by atoms with E-state index >= 15 is 0 Å². The summed E-state index contributed by atoms with van der Waals surface area (Å²) in [5.41, 5.74) is 3.50. The largest absolute Gasteiger partial charge is 0.496 e. The second kappa shape index (κ2) is 5.95. The fourth-order valence-corrected chi connectivity index (χ4v) is 2.11. The maximum Gasteiger partial charge on any atom is 0.126 e. The van der Waals surface area contributed by atoms with Crippen molar-refractivity contribution in [2.45, 2.75) is 27.4 Å². The fourth-order valence-electron chi connectivity index (χ4n) is 2.11. The minimum absolute atomic E-state index is 0.205. The van der Waals surface area contributed by atoms with Gasteiger partial charge >= 0.3 is 0 Å². The van der Waals surface area contributed by atoms with Crippen molar-refractivity contribution >= 4 is 0 Å². The standard InChI is InChI=1S/C17H19FO2/c1-11-6-5-7-16(19-4)14(11)10-20-17-9-12(2)15(18)8-13(17)3/h5-9H,10H2,1-4H3. The molecule has 0 unspecified atom stereocenters. The molecule has 2 rings (SSSR count). The zero-order chi connectivity index (χ0) is 14.7. The number of halogens is 1. The van der Waals surface area contributed by atoms with Crippen molar-refractivity contribution in [3.63, 3.8) is 0 Å². The van der Waals surface area contributed by atoms with Crippen LogP contribution in [0.25, 0.3) is 0 Å². The summed E-state index contributed by atoms with van der Waals surface area (Å²) >= 11 is 0. The molecule has 0 saturated carbocycles. The number of aryl methyl sites for hydroxylation is 3. The van der Waals surface area contributed by atoms with E-state index in [0.717, 1.165) is 22.4 Å². The van der Waals surface area contributed by atoms with Crippen molar-refractivity contribution in [3.8, 4) is 11.5 Å². The van der Waals surface area contributed by atoms with Crippen LogP contribution in [-0.4, -0.2) is 7.11 Å². The molecule has 20 heavy (non-hydrogen) atoms. The number of methoxy groups -OCH3 is 1. The molecule has 2 nitrogen and oxygen atoms in total. The van der Waals surface area contributed by atoms with Gasteiger partial charge in [0.1, 0.15) is 23.9 Å². The van der Waals surface area contributed by atoms with Gasteiger partial charge in [0.25, 0.3) is 0 Å². The first kappa shape index (κ1) is 14.4. The number of ether oxygens (including phenoxy) is 2. The fraction of sp³-hybridized carbons (Fsp3) is 0.294. The third-order valence-corrected chi connectivity index (χ3v) is 3.42. The Kier molecular flexibility index (Phi) is 4.28. The average molecular weight is 274 g/mol. The van der Waals surface area contributed by atoms with E-state index in [0.29, 0.717) is 17.9 Å². The molecule has 0 atom stereocenters. The van der Waals surface area contributed by atoms with E-state index < -0.39 is 0 Å². The summed E-state index contributed by atoms with van der Waals surface area (Å²) in [6.07, 6.45) is 0. The SMILES string of the molecule is COc1cccc(C)c1COc1cc(C)c(F)cc1C. The maximum absolute atomic E-state index is 13.4. The van der Waals surface area contributed by atoms with Gasteiger partial charge < -0.3 is 9.47 Å². The van der Waals surface area contributed by atoms with E-state index in [1.54, 1.807) is 20.1 Å². The maximum atomic E-state index is 13.4. The normalized spacial score (nSPS) is 10.4. The van der Waals surface area contributed by atoms with Gasteiger partial charge in [0, 0.05) is 5.56 Å². The second-order valence-electron chi connectivity index (χ2n) is 4.91. The minimum Gasteiger partial charge on any atom is -0.496 e. The first-order valence-corrected chi connectivity index (χ1v) is 6.55. The monoisotopic (exact) mass is 274 g/mol. The van der Waals surface area contributed by atoms with Gasteiger partial charge in [-0.25, -0.2) is 4.39 Å². The first-order valence-electron chi connectivity index (χ1n) is 6.55. The minimum atomic E-state index is -0.205. The van der Waals surface area contributed by atoms with E-state index in [1.165, 1.54) is 6.07 Å². The van der Waals surface area contributed by atoms with E-state index in [4.69, 9.17) is 9.47 Å². The zero-order valence-corrected chi connectivity index (χ0v) is 12.3. The summed E-state index contributed by atoms with van der Waals surface area (Å²) in [4.78, 5) is 0. The van der Waals surface area contributed by atoms with E-state index in [1.807, 2.05) is 32.0 Å². The zero-order valence-electron chi connectivity index (χ0n) is 12.3. The Hall–Kier alpha value is -2.03. The molecule has 0 amide bonds. The molecule has 0 heterocycles. The molecular formula is C17H19FO2. The van der Waals surface area contributed by atoms with Crippen molar-refractivity contribution in [2.24, 2.45) is 0 Å². The summed E-state index contributed by atoms with van der Waals surface area (Å²) < 4.78 is 24.6. The molecule has 0 fully saturated rings. The van der Waals surface area contributed by atoms with Crippen LogP contribution in [0.5, 0.6) is 11.5 Å². The van der Waals surface area contributed by atoms with Gasteiger partial charge in [0.2, 0.25) is 0 Å². The molecule has 0 radical (unpaired) electrons. The average Bonchev–Trinajstić information content (AvgIpc) is 2.42. The van der Waals surface area contributed by atoms with E-state index in [2.05, 4.69) is 0 Å².